The smallest absolute Gasteiger partial charge is 0.255 e. The van der Waals surface area contributed by atoms with Gasteiger partial charge in [0, 0.05) is 22.3 Å². The van der Waals surface area contributed by atoms with E-state index in [1.807, 2.05) is 12.1 Å². The van der Waals surface area contributed by atoms with Gasteiger partial charge >= 0.3 is 0 Å². The Morgan fingerprint density at radius 3 is 2.12 bits per heavy atom. The Hall–Kier alpha value is -3.06. The summed E-state index contributed by atoms with van der Waals surface area (Å²) in [6, 6.07) is 10.8. The number of hydrogen-bond donors (Lipinski definition) is 1. The molecular formula is C26H29N3O3S. The molecule has 1 aliphatic rings. The van der Waals surface area contributed by atoms with E-state index < -0.39 is 0 Å². The largest absolute Gasteiger partial charge is 0.507 e. The zero-order chi connectivity index (χ0) is 24.1. The van der Waals surface area contributed by atoms with Crippen molar-refractivity contribution in [3.8, 4) is 17.1 Å². The van der Waals surface area contributed by atoms with Crippen molar-refractivity contribution < 1.29 is 14.7 Å². The third-order valence-corrected chi connectivity index (χ3v) is 6.55. The quantitative estimate of drug-likeness (QED) is 0.566. The lowest BCUT2D eigenvalue weighted by Gasteiger charge is -2.28. The molecule has 2 aromatic carbocycles. The number of phenols is 1. The second-order valence-corrected chi connectivity index (χ2v) is 11.4. The molecule has 0 spiro atoms. The summed E-state index contributed by atoms with van der Waals surface area (Å²) in [5.74, 6) is 0.627. The first-order valence-corrected chi connectivity index (χ1v) is 11.8. The number of aromatic nitrogens is 2. The minimum atomic E-state index is -0.257. The number of fused-ring (bicyclic) bond motifs is 1. The van der Waals surface area contributed by atoms with Crippen LogP contribution in [0.3, 0.4) is 0 Å². The fourth-order valence-corrected chi connectivity index (χ4v) is 4.73. The predicted molar refractivity (Wildman–Crippen MR) is 130 cm³/mol. The lowest BCUT2D eigenvalue weighted by atomic mass is 9.78. The van der Waals surface area contributed by atoms with Crippen molar-refractivity contribution in [3.63, 3.8) is 0 Å². The molecule has 33 heavy (non-hydrogen) atoms. The maximum atomic E-state index is 12.9. The molecule has 0 atom stereocenters. The van der Waals surface area contributed by atoms with Crippen molar-refractivity contribution in [1.29, 1.82) is 0 Å². The van der Waals surface area contributed by atoms with Gasteiger partial charge in [-0.05, 0) is 40.6 Å². The molecule has 2 heterocycles. The fourth-order valence-electron chi connectivity index (χ4n) is 4.05. The number of rotatable bonds is 3. The van der Waals surface area contributed by atoms with E-state index in [1.165, 1.54) is 16.4 Å². The Balaban J connectivity index is 1.67. The van der Waals surface area contributed by atoms with E-state index in [-0.39, 0.29) is 35.6 Å². The molecule has 1 amide bonds. The second kappa shape index (κ2) is 8.06. The number of amides is 1. The maximum Gasteiger partial charge on any atom is 0.255 e. The first kappa shape index (κ1) is 23.1. The van der Waals surface area contributed by atoms with E-state index in [2.05, 4.69) is 50.9 Å². The highest BCUT2D eigenvalue weighted by molar-refractivity contribution is 7.05. The summed E-state index contributed by atoms with van der Waals surface area (Å²) in [6.07, 6.45) is 0. The van der Waals surface area contributed by atoms with Gasteiger partial charge in [-0.3, -0.25) is 9.59 Å². The normalized spacial score (nSPS) is 14.5. The van der Waals surface area contributed by atoms with Gasteiger partial charge in [-0.1, -0.05) is 59.7 Å². The van der Waals surface area contributed by atoms with E-state index in [9.17, 15) is 14.7 Å². The first-order chi connectivity index (χ1) is 15.4. The predicted octanol–water partition coefficient (Wildman–Crippen LogP) is 5.34. The summed E-state index contributed by atoms with van der Waals surface area (Å²) in [6.45, 7) is 12.7. The lowest BCUT2D eigenvalue weighted by molar-refractivity contribution is 0.0669. The molecule has 0 saturated carbocycles. The molecule has 3 aromatic rings. The molecule has 1 N–H and O–H groups in total. The summed E-state index contributed by atoms with van der Waals surface area (Å²) < 4.78 is 4.54. The number of carbonyl (C=O) groups is 2. The number of hydrogen-bond acceptors (Lipinski definition) is 6. The van der Waals surface area contributed by atoms with Crippen LogP contribution >= 0.6 is 11.5 Å². The van der Waals surface area contributed by atoms with Gasteiger partial charge in [0.05, 0.1) is 18.7 Å². The number of aromatic hydroxyl groups is 1. The third-order valence-electron chi connectivity index (χ3n) is 5.86. The molecule has 172 valence electrons. The van der Waals surface area contributed by atoms with Crippen molar-refractivity contribution in [3.05, 3.63) is 63.7 Å². The Morgan fingerprint density at radius 2 is 1.55 bits per heavy atom. The highest BCUT2D eigenvalue weighted by Crippen LogP contribution is 2.41. The van der Waals surface area contributed by atoms with E-state index in [0.29, 0.717) is 27.7 Å². The molecule has 6 nitrogen and oxygen atoms in total. The van der Waals surface area contributed by atoms with E-state index >= 15 is 0 Å². The SMILES string of the molecule is CC(C)(C)c1cc(-c2nsc(CN3CC(=O)c4ccccc4C3=O)n2)cc(C(C)(C)C)c1O. The van der Waals surface area contributed by atoms with E-state index in [1.54, 1.807) is 24.3 Å². The van der Waals surface area contributed by atoms with Gasteiger partial charge in [0.25, 0.3) is 5.91 Å². The highest BCUT2D eigenvalue weighted by atomic mass is 32.1. The summed E-state index contributed by atoms with van der Waals surface area (Å²) >= 11 is 1.22. The van der Waals surface area contributed by atoms with Gasteiger partial charge in [-0.25, -0.2) is 4.98 Å². The van der Waals surface area contributed by atoms with Crippen molar-refractivity contribution in [2.75, 3.05) is 6.54 Å². The van der Waals surface area contributed by atoms with Crippen LogP contribution in [-0.4, -0.2) is 37.6 Å². The Kier molecular flexibility index (Phi) is 5.65. The van der Waals surface area contributed by atoms with Crippen LogP contribution < -0.4 is 0 Å². The molecule has 0 bridgehead atoms. The Labute approximate surface area is 198 Å². The van der Waals surface area contributed by atoms with Crippen LogP contribution in [0, 0.1) is 0 Å². The van der Waals surface area contributed by atoms with Crippen LogP contribution in [0.25, 0.3) is 11.4 Å². The van der Waals surface area contributed by atoms with Gasteiger partial charge in [0.15, 0.2) is 11.6 Å². The maximum absolute atomic E-state index is 12.9. The topological polar surface area (TPSA) is 83.4 Å². The zero-order valence-electron chi connectivity index (χ0n) is 19.9. The van der Waals surface area contributed by atoms with Crippen LogP contribution in [0.5, 0.6) is 5.75 Å². The van der Waals surface area contributed by atoms with Crippen LogP contribution in [0.2, 0.25) is 0 Å². The highest BCUT2D eigenvalue weighted by Gasteiger charge is 2.31. The molecule has 0 unspecified atom stereocenters. The molecule has 1 aliphatic heterocycles. The monoisotopic (exact) mass is 463 g/mol. The summed E-state index contributed by atoms with van der Waals surface area (Å²) in [5.41, 5.74) is 2.91. The zero-order valence-corrected chi connectivity index (χ0v) is 20.7. The van der Waals surface area contributed by atoms with Gasteiger partial charge in [0.1, 0.15) is 10.8 Å². The number of nitrogens with zero attached hydrogens (tertiary/aromatic N) is 3. The molecule has 7 heteroatoms. The van der Waals surface area contributed by atoms with E-state index in [0.717, 1.165) is 16.7 Å². The molecule has 4 rings (SSSR count). The average Bonchev–Trinajstić information content (AvgIpc) is 3.19. The molecule has 0 saturated heterocycles. The number of phenolic OH excluding ortho intramolecular Hbond substituents is 1. The van der Waals surface area contributed by atoms with Crippen LogP contribution in [-0.2, 0) is 17.4 Å². The minimum Gasteiger partial charge on any atom is -0.507 e. The first-order valence-electron chi connectivity index (χ1n) is 11.0. The number of carbonyl (C=O) groups excluding carboxylic acids is 2. The van der Waals surface area contributed by atoms with Crippen LogP contribution in [0.15, 0.2) is 36.4 Å². The molecular weight excluding hydrogens is 434 g/mol. The Morgan fingerprint density at radius 1 is 0.970 bits per heavy atom. The van der Waals surface area contributed by atoms with Gasteiger partial charge in [-0.15, -0.1) is 0 Å². The van der Waals surface area contributed by atoms with Gasteiger partial charge in [0.2, 0.25) is 0 Å². The third kappa shape index (κ3) is 4.42. The van der Waals surface area contributed by atoms with Crippen LogP contribution in [0.4, 0.5) is 0 Å². The van der Waals surface area contributed by atoms with Crippen LogP contribution in [0.1, 0.15) is 78.4 Å². The van der Waals surface area contributed by atoms with Crippen molar-refractivity contribution in [2.45, 2.75) is 58.9 Å². The van der Waals surface area contributed by atoms with Gasteiger partial charge < -0.3 is 10.0 Å². The van der Waals surface area contributed by atoms with Crippen molar-refractivity contribution >= 4 is 23.2 Å². The second-order valence-electron chi connectivity index (χ2n) is 10.6. The summed E-state index contributed by atoms with van der Waals surface area (Å²) in [7, 11) is 0. The summed E-state index contributed by atoms with van der Waals surface area (Å²) in [5, 5.41) is 11.6. The Bertz CT molecular complexity index is 1210. The van der Waals surface area contributed by atoms with E-state index in [4.69, 9.17) is 0 Å². The average molecular weight is 464 g/mol. The molecule has 1 aromatic heterocycles. The lowest BCUT2D eigenvalue weighted by Crippen LogP contribution is -2.40. The minimum absolute atomic E-state index is 0.0340. The number of ketones is 1. The molecule has 0 fully saturated rings. The molecule has 0 radical (unpaired) electrons. The molecule has 0 aliphatic carbocycles. The fraction of sp³-hybridized carbons (Fsp3) is 0.385. The standard InChI is InChI=1S/C26H29N3O3S/c1-25(2,3)18-11-15(12-19(22(18)31)26(4,5)6)23-27-21(33-28-23)14-29-13-20(30)16-9-7-8-10-17(16)24(29)32/h7-12,31H,13-14H2,1-6H3. The summed E-state index contributed by atoms with van der Waals surface area (Å²) in [4.78, 5) is 31.6. The van der Waals surface area contributed by atoms with Crippen molar-refractivity contribution in [1.82, 2.24) is 14.3 Å². The number of benzene rings is 2. The van der Waals surface area contributed by atoms with Crippen molar-refractivity contribution in [2.24, 2.45) is 0 Å². The number of Topliss-reactive ketones (excluding diaryl/α,β-unsaturated/α-hetero) is 1. The van der Waals surface area contributed by atoms with Gasteiger partial charge in [-0.2, -0.15) is 4.37 Å².